The zero-order valence-electron chi connectivity index (χ0n) is 22.9. The van der Waals surface area contributed by atoms with Crippen LogP contribution in [0.2, 0.25) is 5.02 Å². The lowest BCUT2D eigenvalue weighted by Gasteiger charge is -2.37. The second-order valence-corrected chi connectivity index (χ2v) is 11.3. The van der Waals surface area contributed by atoms with E-state index in [-0.39, 0.29) is 5.91 Å². The SMILES string of the molecule is O=C1c2cc(N3CCN(CCC(c4ccccc4)c4ccccc4)CC3)cc(Cl)c2CCN1Cc1ccccc1. The van der Waals surface area contributed by atoms with Crippen molar-refractivity contribution in [2.45, 2.75) is 25.3 Å². The van der Waals surface area contributed by atoms with Crippen molar-refractivity contribution in [2.24, 2.45) is 0 Å². The van der Waals surface area contributed by atoms with Gasteiger partial charge in [0.1, 0.15) is 0 Å². The van der Waals surface area contributed by atoms with Crippen LogP contribution >= 0.6 is 11.6 Å². The fourth-order valence-corrected chi connectivity index (χ4v) is 6.47. The Labute approximate surface area is 242 Å². The van der Waals surface area contributed by atoms with Gasteiger partial charge in [0.25, 0.3) is 5.91 Å². The van der Waals surface area contributed by atoms with Crippen LogP contribution in [-0.4, -0.2) is 55.0 Å². The van der Waals surface area contributed by atoms with Gasteiger partial charge in [-0.1, -0.05) is 103 Å². The molecule has 0 spiro atoms. The molecule has 2 aliphatic heterocycles. The highest BCUT2D eigenvalue weighted by atomic mass is 35.5. The third kappa shape index (κ3) is 5.94. The summed E-state index contributed by atoms with van der Waals surface area (Å²) in [5.74, 6) is 0.477. The minimum atomic E-state index is 0.0837. The van der Waals surface area contributed by atoms with Crippen LogP contribution in [0.1, 0.15) is 45.0 Å². The van der Waals surface area contributed by atoms with E-state index in [0.717, 1.165) is 73.0 Å². The van der Waals surface area contributed by atoms with E-state index in [1.54, 1.807) is 0 Å². The van der Waals surface area contributed by atoms with E-state index in [9.17, 15) is 4.79 Å². The second kappa shape index (κ2) is 12.3. The van der Waals surface area contributed by atoms with Crippen molar-refractivity contribution in [1.82, 2.24) is 9.80 Å². The zero-order chi connectivity index (χ0) is 27.3. The first-order valence-electron chi connectivity index (χ1n) is 14.4. The van der Waals surface area contributed by atoms with Gasteiger partial charge in [-0.2, -0.15) is 0 Å². The zero-order valence-corrected chi connectivity index (χ0v) is 23.6. The number of benzene rings is 4. The highest BCUT2D eigenvalue weighted by Gasteiger charge is 2.28. The molecular weight excluding hydrogens is 514 g/mol. The van der Waals surface area contributed by atoms with Crippen molar-refractivity contribution in [3.05, 3.63) is 136 Å². The van der Waals surface area contributed by atoms with E-state index in [2.05, 4.69) is 94.7 Å². The molecule has 2 aliphatic rings. The first-order valence-corrected chi connectivity index (χ1v) is 14.8. The maximum absolute atomic E-state index is 13.5. The van der Waals surface area contributed by atoms with Crippen molar-refractivity contribution in [3.63, 3.8) is 0 Å². The summed E-state index contributed by atoms with van der Waals surface area (Å²) in [6, 6.07) is 36.1. The summed E-state index contributed by atoms with van der Waals surface area (Å²) in [5, 5.41) is 0.719. The smallest absolute Gasteiger partial charge is 0.254 e. The molecule has 0 bridgehead atoms. The van der Waals surface area contributed by atoms with Crippen molar-refractivity contribution in [3.8, 4) is 0 Å². The third-order valence-corrected chi connectivity index (χ3v) is 8.76. The Morgan fingerprint density at radius 1 is 0.725 bits per heavy atom. The number of amides is 1. The molecule has 2 heterocycles. The number of carbonyl (C=O) groups is 1. The number of halogens is 1. The average molecular weight is 550 g/mol. The van der Waals surface area contributed by atoms with Gasteiger partial charge >= 0.3 is 0 Å². The normalized spacial score (nSPS) is 15.9. The molecule has 0 atom stereocenters. The third-order valence-electron chi connectivity index (χ3n) is 8.42. The van der Waals surface area contributed by atoms with Gasteiger partial charge < -0.3 is 9.80 Å². The summed E-state index contributed by atoms with van der Waals surface area (Å²) < 4.78 is 0. The van der Waals surface area contributed by atoms with Crippen molar-refractivity contribution in [1.29, 1.82) is 0 Å². The monoisotopic (exact) mass is 549 g/mol. The minimum Gasteiger partial charge on any atom is -0.369 e. The van der Waals surface area contributed by atoms with Gasteiger partial charge in [-0.05, 0) is 53.8 Å². The summed E-state index contributed by atoms with van der Waals surface area (Å²) in [7, 11) is 0. The molecule has 6 rings (SSSR count). The number of anilines is 1. The molecule has 204 valence electrons. The van der Waals surface area contributed by atoms with Crippen LogP contribution in [-0.2, 0) is 13.0 Å². The summed E-state index contributed by atoms with van der Waals surface area (Å²) in [6.07, 6.45) is 1.88. The number of hydrogen-bond donors (Lipinski definition) is 0. The first kappa shape index (κ1) is 26.6. The maximum Gasteiger partial charge on any atom is 0.254 e. The number of carbonyl (C=O) groups excluding carboxylic acids is 1. The molecule has 0 aromatic heterocycles. The van der Waals surface area contributed by atoms with Gasteiger partial charge in [-0.15, -0.1) is 0 Å². The highest BCUT2D eigenvalue weighted by Crippen LogP contribution is 2.33. The maximum atomic E-state index is 13.5. The summed E-state index contributed by atoms with van der Waals surface area (Å²) in [4.78, 5) is 20.4. The lowest BCUT2D eigenvalue weighted by Crippen LogP contribution is -2.47. The molecule has 4 aromatic rings. The standard InChI is InChI=1S/C35H36ClN3O/c36-34-25-30(24-33-32(34)17-19-39(35(33)40)26-27-10-4-1-5-11-27)38-22-20-37(21-23-38)18-16-31(28-12-6-2-7-13-28)29-14-8-3-9-15-29/h1-15,24-25,31H,16-23,26H2. The quantitative estimate of drug-likeness (QED) is 0.240. The molecule has 0 radical (unpaired) electrons. The van der Waals surface area contributed by atoms with Crippen LogP contribution < -0.4 is 4.90 Å². The number of hydrogen-bond acceptors (Lipinski definition) is 3. The van der Waals surface area contributed by atoms with Gasteiger partial charge in [-0.25, -0.2) is 0 Å². The molecule has 4 aromatic carbocycles. The second-order valence-electron chi connectivity index (χ2n) is 10.9. The molecule has 5 heteroatoms. The van der Waals surface area contributed by atoms with E-state index in [1.165, 1.54) is 11.1 Å². The van der Waals surface area contributed by atoms with Crippen LogP contribution in [0, 0.1) is 0 Å². The molecule has 1 saturated heterocycles. The molecule has 0 N–H and O–H groups in total. The largest absolute Gasteiger partial charge is 0.369 e. The molecule has 0 saturated carbocycles. The first-order chi connectivity index (χ1) is 19.7. The predicted molar refractivity (Wildman–Crippen MR) is 164 cm³/mol. The van der Waals surface area contributed by atoms with Gasteiger partial charge in [0.05, 0.1) is 0 Å². The fourth-order valence-electron chi connectivity index (χ4n) is 6.16. The molecule has 4 nitrogen and oxygen atoms in total. The van der Waals surface area contributed by atoms with Crippen LogP contribution in [0.25, 0.3) is 0 Å². The van der Waals surface area contributed by atoms with Crippen LogP contribution in [0.15, 0.2) is 103 Å². The molecule has 40 heavy (non-hydrogen) atoms. The topological polar surface area (TPSA) is 26.8 Å². The minimum absolute atomic E-state index is 0.0837. The highest BCUT2D eigenvalue weighted by molar-refractivity contribution is 6.32. The van der Waals surface area contributed by atoms with Crippen LogP contribution in [0.5, 0.6) is 0 Å². The lowest BCUT2D eigenvalue weighted by atomic mass is 9.88. The van der Waals surface area contributed by atoms with Crippen LogP contribution in [0.3, 0.4) is 0 Å². The number of rotatable bonds is 8. The van der Waals surface area contributed by atoms with Crippen molar-refractivity contribution >= 4 is 23.2 Å². The summed E-state index contributed by atoms with van der Waals surface area (Å²) >= 11 is 6.76. The fraction of sp³-hybridized carbons (Fsp3) is 0.286. The summed E-state index contributed by atoms with van der Waals surface area (Å²) in [5.41, 5.74) is 6.72. The Bertz CT molecular complexity index is 1380. The number of fused-ring (bicyclic) bond motifs is 1. The molecule has 1 amide bonds. The Balaban J connectivity index is 1.10. The Morgan fingerprint density at radius 3 is 1.95 bits per heavy atom. The van der Waals surface area contributed by atoms with E-state index in [0.29, 0.717) is 19.0 Å². The predicted octanol–water partition coefficient (Wildman–Crippen LogP) is 6.88. The van der Waals surface area contributed by atoms with Gasteiger partial charge in [-0.3, -0.25) is 9.69 Å². The van der Waals surface area contributed by atoms with Crippen molar-refractivity contribution < 1.29 is 4.79 Å². The van der Waals surface area contributed by atoms with Crippen molar-refractivity contribution in [2.75, 3.05) is 44.2 Å². The number of nitrogens with zero attached hydrogens (tertiary/aromatic N) is 3. The molecule has 0 unspecified atom stereocenters. The average Bonchev–Trinajstić information content (AvgIpc) is 3.01. The Hall–Kier alpha value is -3.60. The lowest BCUT2D eigenvalue weighted by molar-refractivity contribution is 0.0727. The Kier molecular flexibility index (Phi) is 8.17. The van der Waals surface area contributed by atoms with E-state index in [1.807, 2.05) is 23.1 Å². The van der Waals surface area contributed by atoms with Gasteiger partial charge in [0.2, 0.25) is 0 Å². The molecular formula is C35H36ClN3O. The van der Waals surface area contributed by atoms with Crippen LogP contribution in [0.4, 0.5) is 5.69 Å². The number of piperazine rings is 1. The van der Waals surface area contributed by atoms with Gasteiger partial charge in [0.15, 0.2) is 0 Å². The van der Waals surface area contributed by atoms with E-state index >= 15 is 0 Å². The Morgan fingerprint density at radius 2 is 1.32 bits per heavy atom. The molecule has 0 aliphatic carbocycles. The molecule has 1 fully saturated rings. The van der Waals surface area contributed by atoms with E-state index < -0.39 is 0 Å². The van der Waals surface area contributed by atoms with Gasteiger partial charge in [0, 0.05) is 61.5 Å². The van der Waals surface area contributed by atoms with E-state index in [4.69, 9.17) is 11.6 Å². The summed E-state index contributed by atoms with van der Waals surface area (Å²) in [6.45, 7) is 6.24.